The number of hydrogen-bond donors (Lipinski definition) is 0. The van der Waals surface area contributed by atoms with Crippen molar-refractivity contribution in [2.75, 3.05) is 6.61 Å². The van der Waals surface area contributed by atoms with Gasteiger partial charge >= 0.3 is 5.97 Å². The third-order valence-electron chi connectivity index (χ3n) is 2.46. The standard InChI is InChI=1S/C11H7Cl2NO4/c12-8-4-7(3-6-1-2-18-11(6)15)10(14(16)17)5-9(8)13/h3-5H,1-2H2/b6-3+. The highest BCUT2D eigenvalue weighted by Gasteiger charge is 2.22. The largest absolute Gasteiger partial charge is 0.462 e. The van der Waals surface area contributed by atoms with Crippen LogP contribution in [0.3, 0.4) is 0 Å². The number of benzene rings is 1. The van der Waals surface area contributed by atoms with Crippen LogP contribution < -0.4 is 0 Å². The fourth-order valence-corrected chi connectivity index (χ4v) is 1.92. The van der Waals surface area contributed by atoms with Crippen LogP contribution in [0.1, 0.15) is 12.0 Å². The number of cyclic esters (lactones) is 1. The third kappa shape index (κ3) is 2.47. The molecule has 1 aromatic rings. The zero-order chi connectivity index (χ0) is 13.3. The van der Waals surface area contributed by atoms with E-state index >= 15 is 0 Å². The van der Waals surface area contributed by atoms with E-state index in [1.807, 2.05) is 0 Å². The number of halogens is 2. The Morgan fingerprint density at radius 1 is 1.33 bits per heavy atom. The Morgan fingerprint density at radius 2 is 2.00 bits per heavy atom. The number of ether oxygens (including phenoxy) is 1. The molecule has 0 radical (unpaired) electrons. The number of nitrogens with zero attached hydrogens (tertiary/aromatic N) is 1. The molecule has 1 aliphatic heterocycles. The minimum Gasteiger partial charge on any atom is -0.462 e. The van der Waals surface area contributed by atoms with Crippen molar-refractivity contribution in [3.63, 3.8) is 0 Å². The van der Waals surface area contributed by atoms with Crippen molar-refractivity contribution < 1.29 is 14.5 Å². The maximum Gasteiger partial charge on any atom is 0.334 e. The first kappa shape index (κ1) is 12.9. The van der Waals surface area contributed by atoms with Gasteiger partial charge in [-0.2, -0.15) is 0 Å². The Kier molecular flexibility index (Phi) is 3.54. The van der Waals surface area contributed by atoms with Crippen molar-refractivity contribution >= 4 is 40.9 Å². The predicted octanol–water partition coefficient (Wildman–Crippen LogP) is 3.23. The van der Waals surface area contributed by atoms with Crippen LogP contribution in [0.2, 0.25) is 10.0 Å². The number of hydrogen-bond acceptors (Lipinski definition) is 4. The van der Waals surface area contributed by atoms with E-state index in [0.29, 0.717) is 18.6 Å². The van der Waals surface area contributed by atoms with E-state index < -0.39 is 10.9 Å². The lowest BCUT2D eigenvalue weighted by Crippen LogP contribution is -1.96. The molecule has 1 aliphatic rings. The first-order valence-electron chi connectivity index (χ1n) is 5.00. The van der Waals surface area contributed by atoms with Crippen molar-refractivity contribution in [3.05, 3.63) is 43.4 Å². The zero-order valence-corrected chi connectivity index (χ0v) is 10.5. The van der Waals surface area contributed by atoms with Crippen LogP contribution >= 0.6 is 23.2 Å². The first-order chi connectivity index (χ1) is 8.49. The molecule has 1 fully saturated rings. The van der Waals surface area contributed by atoms with Crippen molar-refractivity contribution in [3.8, 4) is 0 Å². The van der Waals surface area contributed by atoms with Crippen LogP contribution in [0.15, 0.2) is 17.7 Å². The van der Waals surface area contributed by atoms with Crippen LogP contribution in [0.25, 0.3) is 6.08 Å². The molecule has 1 saturated heterocycles. The van der Waals surface area contributed by atoms with Gasteiger partial charge in [0, 0.05) is 18.1 Å². The van der Waals surface area contributed by atoms with E-state index in [1.165, 1.54) is 12.1 Å². The Hall–Kier alpha value is -1.59. The van der Waals surface area contributed by atoms with E-state index in [2.05, 4.69) is 0 Å². The highest BCUT2D eigenvalue weighted by Crippen LogP contribution is 2.32. The number of nitro groups is 1. The molecule has 0 atom stereocenters. The molecule has 5 nitrogen and oxygen atoms in total. The second kappa shape index (κ2) is 4.96. The van der Waals surface area contributed by atoms with Gasteiger partial charge in [-0.3, -0.25) is 10.1 Å². The van der Waals surface area contributed by atoms with Gasteiger partial charge in [0.05, 0.1) is 27.1 Å². The smallest absolute Gasteiger partial charge is 0.334 e. The monoisotopic (exact) mass is 287 g/mol. The minimum atomic E-state index is -0.575. The molecule has 2 rings (SSSR count). The van der Waals surface area contributed by atoms with Gasteiger partial charge in [-0.15, -0.1) is 0 Å². The lowest BCUT2D eigenvalue weighted by atomic mass is 10.1. The van der Waals surface area contributed by atoms with Crippen LogP contribution in [0.5, 0.6) is 0 Å². The average molecular weight is 288 g/mol. The summed E-state index contributed by atoms with van der Waals surface area (Å²) in [5.41, 5.74) is 0.427. The second-order valence-electron chi connectivity index (χ2n) is 3.64. The molecule has 0 bridgehead atoms. The number of carbonyl (C=O) groups excluding carboxylic acids is 1. The molecule has 0 saturated carbocycles. The molecule has 1 aromatic carbocycles. The van der Waals surface area contributed by atoms with Crippen LogP contribution in [-0.4, -0.2) is 17.5 Å². The summed E-state index contributed by atoms with van der Waals surface area (Å²) in [6.07, 6.45) is 1.84. The molecule has 0 aliphatic carbocycles. The summed E-state index contributed by atoms with van der Waals surface area (Å²) in [5, 5.41) is 11.2. The van der Waals surface area contributed by atoms with E-state index in [0.717, 1.165) is 6.07 Å². The van der Waals surface area contributed by atoms with Gasteiger partial charge in [0.1, 0.15) is 0 Å². The molecule has 0 N–H and O–H groups in total. The van der Waals surface area contributed by atoms with Gasteiger partial charge in [-0.25, -0.2) is 4.79 Å². The highest BCUT2D eigenvalue weighted by atomic mass is 35.5. The summed E-state index contributed by atoms with van der Waals surface area (Å²) in [5.74, 6) is -0.463. The molecule has 7 heteroatoms. The number of esters is 1. The Bertz CT molecular complexity index is 568. The Morgan fingerprint density at radius 3 is 2.56 bits per heavy atom. The third-order valence-corrected chi connectivity index (χ3v) is 3.18. The van der Waals surface area contributed by atoms with Gasteiger partial charge < -0.3 is 4.74 Å². The van der Waals surface area contributed by atoms with Gasteiger partial charge in [-0.1, -0.05) is 23.2 Å². The minimum absolute atomic E-state index is 0.0968. The Labute approximate surface area is 112 Å². The van der Waals surface area contributed by atoms with E-state index in [1.54, 1.807) is 0 Å². The molecule has 18 heavy (non-hydrogen) atoms. The zero-order valence-electron chi connectivity index (χ0n) is 8.98. The molecule has 0 unspecified atom stereocenters. The summed E-state index contributed by atoms with van der Waals surface area (Å²) in [7, 11) is 0. The van der Waals surface area contributed by atoms with Gasteiger partial charge in [-0.05, 0) is 12.1 Å². The topological polar surface area (TPSA) is 69.4 Å². The molecular formula is C11H7Cl2NO4. The van der Waals surface area contributed by atoms with Crippen molar-refractivity contribution in [2.24, 2.45) is 0 Å². The summed E-state index contributed by atoms with van der Waals surface area (Å²) < 4.78 is 4.76. The molecule has 0 amide bonds. The summed E-state index contributed by atoms with van der Waals surface area (Å²) >= 11 is 11.5. The quantitative estimate of drug-likeness (QED) is 0.362. The summed E-state index contributed by atoms with van der Waals surface area (Å²) in [4.78, 5) is 21.6. The normalized spacial score (nSPS) is 17.0. The van der Waals surface area contributed by atoms with Crippen molar-refractivity contribution in [1.29, 1.82) is 0 Å². The molecule has 0 aromatic heterocycles. The molecule has 0 spiro atoms. The lowest BCUT2D eigenvalue weighted by molar-refractivity contribution is -0.385. The summed E-state index contributed by atoms with van der Waals surface area (Å²) in [6, 6.07) is 2.52. The van der Waals surface area contributed by atoms with Gasteiger partial charge in [0.15, 0.2) is 0 Å². The SMILES string of the molecule is O=C1OCC/C1=C\c1cc(Cl)c(Cl)cc1[N+](=O)[O-]. The Balaban J connectivity index is 2.52. The lowest BCUT2D eigenvalue weighted by Gasteiger charge is -2.01. The fourth-order valence-electron chi connectivity index (χ4n) is 1.59. The number of rotatable bonds is 2. The molecular weight excluding hydrogens is 281 g/mol. The van der Waals surface area contributed by atoms with Crippen LogP contribution in [0.4, 0.5) is 5.69 Å². The second-order valence-corrected chi connectivity index (χ2v) is 4.45. The number of carbonyl (C=O) groups is 1. The van der Waals surface area contributed by atoms with Crippen LogP contribution in [-0.2, 0) is 9.53 Å². The maximum atomic E-state index is 11.3. The van der Waals surface area contributed by atoms with Crippen LogP contribution in [0, 0.1) is 10.1 Å². The predicted molar refractivity (Wildman–Crippen MR) is 66.7 cm³/mol. The van der Waals surface area contributed by atoms with Crippen molar-refractivity contribution in [1.82, 2.24) is 0 Å². The van der Waals surface area contributed by atoms with E-state index in [9.17, 15) is 14.9 Å². The maximum absolute atomic E-state index is 11.3. The fraction of sp³-hybridized carbons (Fsp3) is 0.182. The number of nitro benzene ring substituents is 1. The van der Waals surface area contributed by atoms with Gasteiger partial charge in [0.25, 0.3) is 5.69 Å². The highest BCUT2D eigenvalue weighted by molar-refractivity contribution is 6.42. The van der Waals surface area contributed by atoms with Gasteiger partial charge in [0.2, 0.25) is 0 Å². The molecule has 1 heterocycles. The van der Waals surface area contributed by atoms with E-state index in [4.69, 9.17) is 27.9 Å². The molecule has 94 valence electrons. The van der Waals surface area contributed by atoms with E-state index in [-0.39, 0.29) is 21.3 Å². The average Bonchev–Trinajstić information content (AvgIpc) is 2.69. The summed E-state index contributed by atoms with van der Waals surface area (Å²) in [6.45, 7) is 0.291. The first-order valence-corrected chi connectivity index (χ1v) is 5.76. The van der Waals surface area contributed by atoms with Crippen molar-refractivity contribution in [2.45, 2.75) is 6.42 Å².